The maximum absolute atomic E-state index is 14.3. The number of methoxy groups -OCH3 is 3. The van der Waals surface area contributed by atoms with E-state index in [1.807, 2.05) is 6.08 Å². The molecule has 52 heavy (non-hydrogen) atoms. The van der Waals surface area contributed by atoms with E-state index in [0.717, 1.165) is 4.57 Å². The monoisotopic (exact) mass is 839 g/mol. The van der Waals surface area contributed by atoms with Crippen molar-refractivity contribution in [3.63, 3.8) is 0 Å². The second-order valence-electron chi connectivity index (χ2n) is 13.4. The summed E-state index contributed by atoms with van der Waals surface area (Å²) in [6.07, 6.45) is 3.30. The topological polar surface area (TPSA) is 166 Å². The van der Waals surface area contributed by atoms with Crippen molar-refractivity contribution >= 4 is 54.5 Å². The average molecular weight is 842 g/mol. The Hall–Kier alpha value is -4.70. The number of benzene rings is 2. The minimum Gasteiger partial charge on any atom is -0.503 e. The molecule has 272 valence electrons. The van der Waals surface area contributed by atoms with E-state index in [4.69, 9.17) is 14.2 Å². The number of carbonyl (C=O) groups excluding carboxylic acids is 2. The van der Waals surface area contributed by atoms with Crippen molar-refractivity contribution in [2.45, 2.75) is 51.7 Å². The lowest BCUT2D eigenvalue weighted by Crippen LogP contribution is -2.54. The number of halogens is 2. The zero-order valence-electron chi connectivity index (χ0n) is 29.2. The molecule has 1 aliphatic heterocycles. The van der Waals surface area contributed by atoms with Crippen molar-refractivity contribution < 1.29 is 28.9 Å². The van der Waals surface area contributed by atoms with Gasteiger partial charge in [0.1, 0.15) is 5.69 Å². The van der Waals surface area contributed by atoms with E-state index >= 15 is 0 Å². The van der Waals surface area contributed by atoms with Crippen LogP contribution < -0.4 is 31.1 Å². The molecule has 14 nitrogen and oxygen atoms in total. The quantitative estimate of drug-likeness (QED) is 0.270. The van der Waals surface area contributed by atoms with E-state index in [-0.39, 0.29) is 60.2 Å². The Morgan fingerprint density at radius 3 is 2.31 bits per heavy atom. The molecular formula is C36H35Br2N5O9. The molecule has 1 saturated carbocycles. The lowest BCUT2D eigenvalue weighted by molar-refractivity contribution is -0.139. The van der Waals surface area contributed by atoms with Gasteiger partial charge in [0.2, 0.25) is 0 Å². The lowest BCUT2D eigenvalue weighted by Gasteiger charge is -2.52. The second kappa shape index (κ2) is 12.8. The number of nitrogens with zero attached hydrogens (tertiary/aromatic N) is 5. The van der Waals surface area contributed by atoms with Gasteiger partial charge in [0.15, 0.2) is 34.6 Å². The van der Waals surface area contributed by atoms with Crippen molar-refractivity contribution in [2.75, 3.05) is 21.3 Å². The molecule has 1 fully saturated rings. The number of phenols is 1. The molecule has 1 N–H and O–H groups in total. The predicted octanol–water partition coefficient (Wildman–Crippen LogP) is 3.95. The van der Waals surface area contributed by atoms with Crippen molar-refractivity contribution in [3.8, 4) is 23.0 Å². The Labute approximate surface area is 313 Å². The number of phenolic OH excluding ortho intramolecular Hbond substituents is 1. The second-order valence-corrected chi connectivity index (χ2v) is 15.0. The molecule has 4 aromatic rings. The normalized spacial score (nSPS) is 22.3. The van der Waals surface area contributed by atoms with Crippen molar-refractivity contribution in [1.82, 2.24) is 23.5 Å². The van der Waals surface area contributed by atoms with Crippen LogP contribution >= 0.6 is 31.9 Å². The fourth-order valence-electron chi connectivity index (χ4n) is 8.19. The van der Waals surface area contributed by atoms with Gasteiger partial charge in [-0.25, -0.2) is 28.5 Å². The van der Waals surface area contributed by atoms with E-state index < -0.39 is 34.7 Å². The van der Waals surface area contributed by atoms with Crippen molar-refractivity contribution in [2.24, 2.45) is 18.4 Å². The number of ether oxygens (including phenoxy) is 3. The SMILES string of the molecule is COc1cc2nc(CCn3c(=O)n4n(c3=O)[C@@H]3C[C@H]5C(=O)C(C)=CC(=O)[C@@]5(C)[C@@H](c5cc(OC)c(O)c(Br)c5Br)C3=CC4)c(=O)n(C)c2cc1OC. The number of aromatic hydroxyl groups is 1. The Bertz CT molecular complexity index is 2490. The minimum absolute atomic E-state index is 0.0182. The predicted molar refractivity (Wildman–Crippen MR) is 197 cm³/mol. The number of Topliss-reactive ketones (excluding diaryl/α,β-unsaturated/α-hetero) is 1. The van der Waals surface area contributed by atoms with Crippen LogP contribution in [0.3, 0.4) is 0 Å². The van der Waals surface area contributed by atoms with Gasteiger partial charge in [0.25, 0.3) is 5.56 Å². The van der Waals surface area contributed by atoms with Gasteiger partial charge in [-0.2, -0.15) is 0 Å². The molecule has 0 amide bonds. The highest BCUT2D eigenvalue weighted by atomic mass is 79.9. The van der Waals surface area contributed by atoms with Gasteiger partial charge < -0.3 is 23.9 Å². The van der Waals surface area contributed by atoms with Gasteiger partial charge in [-0.05, 0) is 74.1 Å². The first kappa shape index (κ1) is 35.7. The first-order valence-electron chi connectivity index (χ1n) is 16.4. The number of ketones is 2. The van der Waals surface area contributed by atoms with Crippen LogP contribution in [0, 0.1) is 11.3 Å². The maximum Gasteiger partial charge on any atom is 0.347 e. The van der Waals surface area contributed by atoms with Gasteiger partial charge in [-0.1, -0.05) is 13.0 Å². The summed E-state index contributed by atoms with van der Waals surface area (Å²) in [5, 5.41) is 10.8. The van der Waals surface area contributed by atoms with Crippen LogP contribution in [-0.4, -0.2) is 61.5 Å². The van der Waals surface area contributed by atoms with Crippen LogP contribution in [0.4, 0.5) is 0 Å². The number of rotatable bonds is 7. The molecule has 0 unspecified atom stereocenters. The summed E-state index contributed by atoms with van der Waals surface area (Å²) in [6.45, 7) is 3.26. The Morgan fingerprint density at radius 2 is 1.63 bits per heavy atom. The zero-order chi connectivity index (χ0) is 37.5. The summed E-state index contributed by atoms with van der Waals surface area (Å²) in [7, 11) is 6.01. The largest absolute Gasteiger partial charge is 0.503 e. The summed E-state index contributed by atoms with van der Waals surface area (Å²) in [6, 6.07) is 4.18. The van der Waals surface area contributed by atoms with E-state index in [1.165, 1.54) is 41.3 Å². The first-order chi connectivity index (χ1) is 24.7. The number of hydrogen-bond donors (Lipinski definition) is 1. The summed E-state index contributed by atoms with van der Waals surface area (Å²) >= 11 is 7.04. The molecule has 2 aliphatic carbocycles. The third-order valence-corrected chi connectivity index (χ3v) is 13.1. The van der Waals surface area contributed by atoms with Gasteiger partial charge in [-0.15, -0.1) is 0 Å². The summed E-state index contributed by atoms with van der Waals surface area (Å²) in [5.41, 5.74) is -0.126. The highest BCUT2D eigenvalue weighted by Crippen LogP contribution is 2.61. The highest BCUT2D eigenvalue weighted by molar-refractivity contribution is 9.13. The minimum atomic E-state index is -1.26. The van der Waals surface area contributed by atoms with Crippen LogP contribution in [0.15, 0.2) is 64.8 Å². The summed E-state index contributed by atoms with van der Waals surface area (Å²) in [5.74, 6) is -1.17. The lowest BCUT2D eigenvalue weighted by atomic mass is 9.51. The molecule has 0 radical (unpaired) electrons. The maximum atomic E-state index is 14.3. The van der Waals surface area contributed by atoms with Crippen LogP contribution in [0.1, 0.15) is 43.5 Å². The number of aryl methyl sites for hydroxylation is 2. The smallest absolute Gasteiger partial charge is 0.347 e. The van der Waals surface area contributed by atoms with Gasteiger partial charge in [-0.3, -0.25) is 14.4 Å². The van der Waals surface area contributed by atoms with E-state index in [2.05, 4.69) is 36.8 Å². The van der Waals surface area contributed by atoms with Crippen LogP contribution in [0.5, 0.6) is 23.0 Å². The standard InChI is InChI=1S/C36H35Br2N5O9/c1-16-11-27(44)36(2)19(31(16)45)13-22-17(28(36)18-12-26(52-6)32(46)30(38)29(18)37)7-10-42-34(48)41(35(49)43(22)42)9-8-20-33(47)40(3)23-15-25(51-5)24(50-4)14-21(23)39-20/h7,11-12,14-15,19,22,28,46H,8-10,13H2,1-6H3/t19-,22+,28+,36-/m0/s1. The molecule has 4 atom stereocenters. The molecule has 2 aromatic heterocycles. The van der Waals surface area contributed by atoms with Gasteiger partial charge in [0, 0.05) is 48.5 Å². The van der Waals surface area contributed by atoms with Crippen molar-refractivity contribution in [3.05, 3.63) is 93.0 Å². The van der Waals surface area contributed by atoms with Crippen LogP contribution in [0.2, 0.25) is 0 Å². The molecule has 2 aromatic carbocycles. The number of fused-ring (bicyclic) bond motifs is 5. The molecule has 3 heterocycles. The Morgan fingerprint density at radius 1 is 0.962 bits per heavy atom. The van der Waals surface area contributed by atoms with Crippen LogP contribution in [-0.2, 0) is 36.1 Å². The highest BCUT2D eigenvalue weighted by Gasteiger charge is 2.59. The molecule has 0 bridgehead atoms. The molecule has 3 aliphatic rings. The molecular weight excluding hydrogens is 806 g/mol. The fourth-order valence-corrected chi connectivity index (χ4v) is 9.15. The molecule has 0 spiro atoms. The van der Waals surface area contributed by atoms with E-state index in [1.54, 1.807) is 39.1 Å². The average Bonchev–Trinajstić information content (AvgIpc) is 3.38. The fraction of sp³-hybridized carbons (Fsp3) is 0.389. The number of hydrogen-bond acceptors (Lipinski definition) is 10. The Balaban J connectivity index is 1.33. The first-order valence-corrected chi connectivity index (χ1v) is 18.0. The summed E-state index contributed by atoms with van der Waals surface area (Å²) in [4.78, 5) is 74.1. The Kier molecular flexibility index (Phi) is 8.76. The molecule has 7 rings (SSSR count). The van der Waals surface area contributed by atoms with Crippen molar-refractivity contribution in [1.29, 1.82) is 0 Å². The third-order valence-electron chi connectivity index (χ3n) is 10.9. The summed E-state index contributed by atoms with van der Waals surface area (Å²) < 4.78 is 22.2. The number of allylic oxidation sites excluding steroid dienone is 4. The van der Waals surface area contributed by atoms with E-state index in [9.17, 15) is 29.1 Å². The molecule has 16 heteroatoms. The van der Waals surface area contributed by atoms with Gasteiger partial charge in [0.05, 0.1) is 54.8 Å². The zero-order valence-corrected chi connectivity index (χ0v) is 32.3. The number of aromatic nitrogens is 5. The third kappa shape index (κ3) is 5.00. The van der Waals surface area contributed by atoms with Crippen LogP contribution in [0.25, 0.3) is 11.0 Å². The molecule has 0 saturated heterocycles. The van der Waals surface area contributed by atoms with Gasteiger partial charge >= 0.3 is 11.4 Å². The number of carbonyl (C=O) groups is 2. The van der Waals surface area contributed by atoms with E-state index in [0.29, 0.717) is 48.2 Å².